The molecule has 1 N–H and O–H groups in total. The Balaban J connectivity index is 1.41. The number of nitrogens with zero attached hydrogens (tertiary/aromatic N) is 3. The van der Waals surface area contributed by atoms with Crippen molar-refractivity contribution in [3.63, 3.8) is 0 Å². The van der Waals surface area contributed by atoms with E-state index in [0.717, 1.165) is 30.6 Å². The van der Waals surface area contributed by atoms with Crippen LogP contribution in [0.3, 0.4) is 0 Å². The van der Waals surface area contributed by atoms with Gasteiger partial charge >= 0.3 is 0 Å². The Morgan fingerprint density at radius 3 is 2.72 bits per heavy atom. The molecule has 0 atom stereocenters. The first-order valence-corrected chi connectivity index (χ1v) is 9.58. The first-order chi connectivity index (χ1) is 12.3. The molecule has 0 spiro atoms. The normalized spacial score (nSPS) is 18.2. The van der Waals surface area contributed by atoms with E-state index in [0.29, 0.717) is 12.5 Å². The van der Waals surface area contributed by atoms with E-state index in [1.54, 1.807) is 0 Å². The zero-order chi connectivity index (χ0) is 17.1. The van der Waals surface area contributed by atoms with Gasteiger partial charge in [0, 0.05) is 30.1 Å². The van der Waals surface area contributed by atoms with E-state index in [9.17, 15) is 4.79 Å². The predicted octanol–water partition coefficient (Wildman–Crippen LogP) is 3.52. The Labute approximate surface area is 148 Å². The molecule has 132 valence electrons. The standard InChI is InChI=1S/C20H26N4O/c25-20(16-6-2-1-3-7-16)22-12-13-24-19(15-9-10-15)17(14-23-24)18-8-4-5-11-21-18/h4-5,8,11,14-16H,1-3,6-7,9-10,12-13H2,(H,22,25). The average molecular weight is 338 g/mol. The van der Waals surface area contributed by atoms with E-state index >= 15 is 0 Å². The van der Waals surface area contributed by atoms with E-state index in [2.05, 4.69) is 20.1 Å². The molecule has 5 nitrogen and oxygen atoms in total. The van der Waals surface area contributed by atoms with Crippen LogP contribution in [0.2, 0.25) is 0 Å². The number of nitrogens with one attached hydrogen (secondary N) is 1. The van der Waals surface area contributed by atoms with Crippen LogP contribution in [0.25, 0.3) is 11.3 Å². The SMILES string of the molecule is O=C(NCCn1ncc(-c2ccccn2)c1C1CC1)C1CCCCC1. The van der Waals surface area contributed by atoms with Gasteiger partial charge in [-0.25, -0.2) is 0 Å². The van der Waals surface area contributed by atoms with Crippen molar-refractivity contribution in [3.05, 3.63) is 36.3 Å². The monoisotopic (exact) mass is 338 g/mol. The number of aromatic nitrogens is 3. The van der Waals surface area contributed by atoms with Crippen LogP contribution in [0.1, 0.15) is 56.6 Å². The predicted molar refractivity (Wildman–Crippen MR) is 97.0 cm³/mol. The van der Waals surface area contributed by atoms with E-state index in [4.69, 9.17) is 0 Å². The van der Waals surface area contributed by atoms with Crippen LogP contribution in [-0.4, -0.2) is 27.2 Å². The summed E-state index contributed by atoms with van der Waals surface area (Å²) in [6.07, 6.45) is 12.0. The highest BCUT2D eigenvalue weighted by molar-refractivity contribution is 5.78. The molecule has 1 amide bonds. The lowest BCUT2D eigenvalue weighted by molar-refractivity contribution is -0.125. The molecular weight excluding hydrogens is 312 g/mol. The van der Waals surface area contributed by atoms with Crippen molar-refractivity contribution in [1.82, 2.24) is 20.1 Å². The van der Waals surface area contributed by atoms with Crippen molar-refractivity contribution < 1.29 is 4.79 Å². The Morgan fingerprint density at radius 2 is 2.00 bits per heavy atom. The number of hydrogen-bond acceptors (Lipinski definition) is 3. The molecule has 0 saturated heterocycles. The molecule has 0 aromatic carbocycles. The Kier molecular flexibility index (Phi) is 4.81. The molecule has 0 aliphatic heterocycles. The Hall–Kier alpha value is -2.17. The van der Waals surface area contributed by atoms with E-state index < -0.39 is 0 Å². The zero-order valence-corrected chi connectivity index (χ0v) is 14.7. The minimum atomic E-state index is 0.221. The van der Waals surface area contributed by atoms with Gasteiger partial charge in [-0.3, -0.25) is 14.5 Å². The van der Waals surface area contributed by atoms with Crippen LogP contribution in [-0.2, 0) is 11.3 Å². The number of hydrogen-bond donors (Lipinski definition) is 1. The van der Waals surface area contributed by atoms with Crippen molar-refractivity contribution in [2.24, 2.45) is 5.92 Å². The maximum atomic E-state index is 12.3. The van der Waals surface area contributed by atoms with Crippen LogP contribution in [0.5, 0.6) is 0 Å². The molecule has 2 heterocycles. The van der Waals surface area contributed by atoms with Gasteiger partial charge < -0.3 is 5.32 Å². The summed E-state index contributed by atoms with van der Waals surface area (Å²) < 4.78 is 2.07. The average Bonchev–Trinajstić information content (AvgIpc) is 3.43. The summed E-state index contributed by atoms with van der Waals surface area (Å²) in [6.45, 7) is 1.38. The first kappa shape index (κ1) is 16.3. The van der Waals surface area contributed by atoms with Crippen LogP contribution < -0.4 is 5.32 Å². The molecule has 2 aliphatic rings. The van der Waals surface area contributed by atoms with Crippen LogP contribution in [0.15, 0.2) is 30.6 Å². The fraction of sp³-hybridized carbons (Fsp3) is 0.550. The Bertz CT molecular complexity index is 715. The number of carbonyl (C=O) groups excluding carboxylic acids is 1. The highest BCUT2D eigenvalue weighted by Crippen LogP contribution is 2.44. The molecule has 2 fully saturated rings. The molecule has 2 saturated carbocycles. The summed E-state index contributed by atoms with van der Waals surface area (Å²) in [4.78, 5) is 16.8. The van der Waals surface area contributed by atoms with E-state index in [1.165, 1.54) is 37.8 Å². The lowest BCUT2D eigenvalue weighted by Crippen LogP contribution is -2.34. The van der Waals surface area contributed by atoms with Crippen LogP contribution >= 0.6 is 0 Å². The van der Waals surface area contributed by atoms with Gasteiger partial charge in [-0.15, -0.1) is 0 Å². The molecule has 0 bridgehead atoms. The topological polar surface area (TPSA) is 59.8 Å². The third kappa shape index (κ3) is 3.75. The second kappa shape index (κ2) is 7.38. The molecular formula is C20H26N4O. The van der Waals surface area contributed by atoms with Gasteiger partial charge in [-0.05, 0) is 37.8 Å². The summed E-state index contributed by atoms with van der Waals surface area (Å²) in [5.41, 5.74) is 3.41. The van der Waals surface area contributed by atoms with Crippen molar-refractivity contribution in [1.29, 1.82) is 0 Å². The molecule has 0 unspecified atom stereocenters. The number of rotatable bonds is 6. The lowest BCUT2D eigenvalue weighted by atomic mass is 9.89. The van der Waals surface area contributed by atoms with Gasteiger partial charge in [0.05, 0.1) is 24.1 Å². The van der Waals surface area contributed by atoms with Crippen molar-refractivity contribution in [2.75, 3.05) is 6.54 Å². The van der Waals surface area contributed by atoms with Gasteiger partial charge in [0.15, 0.2) is 0 Å². The van der Waals surface area contributed by atoms with Crippen LogP contribution in [0, 0.1) is 5.92 Å². The lowest BCUT2D eigenvalue weighted by Gasteiger charge is -2.20. The minimum absolute atomic E-state index is 0.221. The third-order valence-electron chi connectivity index (χ3n) is 5.38. The molecule has 2 aromatic rings. The summed E-state index contributed by atoms with van der Waals surface area (Å²) in [5.74, 6) is 1.04. The fourth-order valence-corrected chi connectivity index (χ4v) is 3.87. The van der Waals surface area contributed by atoms with Gasteiger partial charge in [-0.2, -0.15) is 5.10 Å². The van der Waals surface area contributed by atoms with Gasteiger partial charge in [0.1, 0.15) is 0 Å². The Morgan fingerprint density at radius 1 is 1.16 bits per heavy atom. The number of pyridine rings is 1. The van der Waals surface area contributed by atoms with Crippen molar-refractivity contribution in [3.8, 4) is 11.3 Å². The first-order valence-electron chi connectivity index (χ1n) is 9.58. The second-order valence-electron chi connectivity index (χ2n) is 7.28. The highest BCUT2D eigenvalue weighted by atomic mass is 16.1. The number of amides is 1. The summed E-state index contributed by atoms with van der Waals surface area (Å²) in [6, 6.07) is 5.99. The molecule has 0 radical (unpaired) electrons. The fourth-order valence-electron chi connectivity index (χ4n) is 3.87. The molecule has 4 rings (SSSR count). The molecule has 2 aromatic heterocycles. The molecule has 5 heteroatoms. The maximum absolute atomic E-state index is 12.3. The third-order valence-corrected chi connectivity index (χ3v) is 5.38. The van der Waals surface area contributed by atoms with E-state index in [1.807, 2.05) is 30.6 Å². The van der Waals surface area contributed by atoms with Crippen molar-refractivity contribution in [2.45, 2.75) is 57.4 Å². The van der Waals surface area contributed by atoms with Gasteiger partial charge in [-0.1, -0.05) is 25.3 Å². The largest absolute Gasteiger partial charge is 0.354 e. The second-order valence-corrected chi connectivity index (χ2v) is 7.28. The molecule has 2 aliphatic carbocycles. The molecule has 25 heavy (non-hydrogen) atoms. The van der Waals surface area contributed by atoms with Crippen LogP contribution in [0.4, 0.5) is 0 Å². The van der Waals surface area contributed by atoms with Gasteiger partial charge in [0.25, 0.3) is 0 Å². The van der Waals surface area contributed by atoms with Gasteiger partial charge in [0.2, 0.25) is 5.91 Å². The summed E-state index contributed by atoms with van der Waals surface area (Å²) >= 11 is 0. The zero-order valence-electron chi connectivity index (χ0n) is 14.7. The summed E-state index contributed by atoms with van der Waals surface area (Å²) in [5, 5.41) is 7.71. The highest BCUT2D eigenvalue weighted by Gasteiger charge is 2.31. The number of carbonyl (C=O) groups is 1. The summed E-state index contributed by atoms with van der Waals surface area (Å²) in [7, 11) is 0. The quantitative estimate of drug-likeness (QED) is 0.877. The van der Waals surface area contributed by atoms with Crippen molar-refractivity contribution >= 4 is 5.91 Å². The maximum Gasteiger partial charge on any atom is 0.223 e. The minimum Gasteiger partial charge on any atom is -0.354 e. The van der Waals surface area contributed by atoms with E-state index in [-0.39, 0.29) is 11.8 Å². The smallest absolute Gasteiger partial charge is 0.223 e.